The Balaban J connectivity index is 2.75. The van der Waals surface area contributed by atoms with Crippen molar-refractivity contribution >= 4 is 5.57 Å². The molecule has 1 nitrogen and oxygen atoms in total. The van der Waals surface area contributed by atoms with Crippen LogP contribution in [0.25, 0.3) is 5.57 Å². The third-order valence-electron chi connectivity index (χ3n) is 1.52. The van der Waals surface area contributed by atoms with E-state index in [2.05, 4.69) is 18.4 Å². The van der Waals surface area contributed by atoms with E-state index in [9.17, 15) is 0 Å². The highest BCUT2D eigenvalue weighted by atomic mass is 16.3. The van der Waals surface area contributed by atoms with Gasteiger partial charge in [0, 0.05) is 0 Å². The number of hydrogen-bond donors (Lipinski definition) is 0. The summed E-state index contributed by atoms with van der Waals surface area (Å²) in [5.74, 6) is 7.52. The van der Waals surface area contributed by atoms with Crippen molar-refractivity contribution in [2.75, 3.05) is 0 Å². The van der Waals surface area contributed by atoms with Crippen molar-refractivity contribution in [3.05, 3.63) is 30.2 Å². The van der Waals surface area contributed by atoms with Gasteiger partial charge < -0.3 is 4.42 Å². The Morgan fingerprint density at radius 2 is 2.33 bits per heavy atom. The minimum Gasteiger partial charge on any atom is -0.460 e. The molecule has 1 heterocycles. The molecule has 0 aliphatic heterocycles. The van der Waals surface area contributed by atoms with Crippen LogP contribution >= 0.6 is 0 Å². The van der Waals surface area contributed by atoms with E-state index in [1.54, 1.807) is 0 Å². The molecule has 0 unspecified atom stereocenters. The largest absolute Gasteiger partial charge is 0.460 e. The molecule has 12 heavy (non-hydrogen) atoms. The Morgan fingerprint density at radius 3 is 2.83 bits per heavy atom. The van der Waals surface area contributed by atoms with E-state index in [1.165, 1.54) is 0 Å². The lowest BCUT2D eigenvalue weighted by atomic mass is 10.3. The molecule has 0 radical (unpaired) electrons. The summed E-state index contributed by atoms with van der Waals surface area (Å²) in [5.41, 5.74) is 0.950. The first kappa shape index (κ1) is 8.67. The van der Waals surface area contributed by atoms with Gasteiger partial charge in [-0.05, 0) is 31.6 Å². The monoisotopic (exact) mass is 160 g/mol. The van der Waals surface area contributed by atoms with Gasteiger partial charge in [-0.15, -0.1) is 5.92 Å². The second-order valence-electron chi connectivity index (χ2n) is 2.65. The molecular formula is C11H12O. The third-order valence-corrected chi connectivity index (χ3v) is 1.52. The summed E-state index contributed by atoms with van der Waals surface area (Å²) >= 11 is 0. The molecule has 1 aromatic heterocycles. The molecule has 0 aliphatic rings. The first-order valence-corrected chi connectivity index (χ1v) is 3.88. The molecule has 0 aromatic carbocycles. The van der Waals surface area contributed by atoms with Crippen molar-refractivity contribution in [3.8, 4) is 11.8 Å². The summed E-state index contributed by atoms with van der Waals surface area (Å²) in [6, 6.07) is 3.86. The van der Waals surface area contributed by atoms with Gasteiger partial charge in [-0.1, -0.05) is 12.5 Å². The predicted octanol–water partition coefficient (Wildman–Crippen LogP) is 2.88. The van der Waals surface area contributed by atoms with Crippen LogP contribution in [0.3, 0.4) is 0 Å². The standard InChI is InChI=1S/C11H12O/c1-4-5-6-10-7-8-11(12-10)9(2)3/h7-8H,2,6H2,1,3H3. The van der Waals surface area contributed by atoms with Gasteiger partial charge in [0.25, 0.3) is 0 Å². The first-order valence-electron chi connectivity index (χ1n) is 3.88. The molecule has 0 spiro atoms. The van der Waals surface area contributed by atoms with E-state index in [-0.39, 0.29) is 0 Å². The molecule has 0 fully saturated rings. The lowest BCUT2D eigenvalue weighted by molar-refractivity contribution is 0.512. The Labute approximate surface area is 73.1 Å². The molecule has 0 bridgehead atoms. The average Bonchev–Trinajstić information content (AvgIpc) is 2.48. The number of furan rings is 1. The number of rotatable bonds is 2. The van der Waals surface area contributed by atoms with Crippen molar-refractivity contribution in [2.24, 2.45) is 0 Å². The first-order chi connectivity index (χ1) is 5.74. The zero-order valence-corrected chi connectivity index (χ0v) is 7.48. The molecule has 0 amide bonds. The summed E-state index contributed by atoms with van der Waals surface area (Å²) in [6.45, 7) is 7.54. The lowest BCUT2D eigenvalue weighted by Crippen LogP contribution is -1.74. The lowest BCUT2D eigenvalue weighted by Gasteiger charge is -1.90. The van der Waals surface area contributed by atoms with Crippen LogP contribution in [0.4, 0.5) is 0 Å². The molecule has 0 atom stereocenters. The Bertz CT molecular complexity index is 333. The van der Waals surface area contributed by atoms with Gasteiger partial charge in [-0.25, -0.2) is 0 Å². The Kier molecular flexibility index (Phi) is 2.76. The summed E-state index contributed by atoms with van der Waals surface area (Å²) < 4.78 is 5.45. The normalized spacial score (nSPS) is 8.83. The molecule has 0 saturated heterocycles. The van der Waals surface area contributed by atoms with Crippen molar-refractivity contribution in [3.63, 3.8) is 0 Å². The van der Waals surface area contributed by atoms with Gasteiger partial charge in [0.2, 0.25) is 0 Å². The highest BCUT2D eigenvalue weighted by Crippen LogP contribution is 2.15. The van der Waals surface area contributed by atoms with Crippen LogP contribution in [0, 0.1) is 11.8 Å². The van der Waals surface area contributed by atoms with Crippen molar-refractivity contribution in [2.45, 2.75) is 20.3 Å². The molecule has 62 valence electrons. The quantitative estimate of drug-likeness (QED) is 0.606. The van der Waals surface area contributed by atoms with Crippen molar-refractivity contribution in [1.82, 2.24) is 0 Å². The van der Waals surface area contributed by atoms with Gasteiger partial charge in [0.15, 0.2) is 0 Å². The molecule has 0 aliphatic carbocycles. The second-order valence-corrected chi connectivity index (χ2v) is 2.65. The smallest absolute Gasteiger partial charge is 0.129 e. The van der Waals surface area contributed by atoms with Crippen LogP contribution in [-0.2, 0) is 6.42 Å². The second kappa shape index (κ2) is 3.82. The van der Waals surface area contributed by atoms with Crippen LogP contribution in [-0.4, -0.2) is 0 Å². The number of allylic oxidation sites excluding steroid dienone is 1. The van der Waals surface area contributed by atoms with Crippen LogP contribution in [0.5, 0.6) is 0 Å². The maximum atomic E-state index is 5.45. The molecular weight excluding hydrogens is 148 g/mol. The van der Waals surface area contributed by atoms with Crippen molar-refractivity contribution < 1.29 is 4.42 Å². The van der Waals surface area contributed by atoms with E-state index in [0.29, 0.717) is 6.42 Å². The van der Waals surface area contributed by atoms with Crippen molar-refractivity contribution in [1.29, 1.82) is 0 Å². The zero-order chi connectivity index (χ0) is 8.97. The highest BCUT2D eigenvalue weighted by Gasteiger charge is 1.99. The SMILES string of the molecule is C=C(C)c1ccc(CC#CC)o1. The molecule has 1 rings (SSSR count). The van der Waals surface area contributed by atoms with Gasteiger partial charge in [-0.2, -0.15) is 0 Å². The third kappa shape index (κ3) is 2.03. The van der Waals surface area contributed by atoms with Gasteiger partial charge in [-0.3, -0.25) is 0 Å². The fraction of sp³-hybridized carbons (Fsp3) is 0.273. The fourth-order valence-corrected chi connectivity index (χ4v) is 0.878. The average molecular weight is 160 g/mol. The molecule has 0 N–H and O–H groups in total. The van der Waals surface area contributed by atoms with Crippen LogP contribution in [0.15, 0.2) is 23.1 Å². The van der Waals surface area contributed by atoms with Crippen LogP contribution < -0.4 is 0 Å². The Hall–Kier alpha value is -1.42. The molecule has 1 aromatic rings. The maximum Gasteiger partial charge on any atom is 0.129 e. The molecule has 0 saturated carbocycles. The summed E-state index contributed by atoms with van der Waals surface area (Å²) in [4.78, 5) is 0. The Morgan fingerprint density at radius 1 is 1.58 bits per heavy atom. The van der Waals surface area contributed by atoms with E-state index in [4.69, 9.17) is 4.42 Å². The van der Waals surface area contributed by atoms with Gasteiger partial charge >= 0.3 is 0 Å². The minimum atomic E-state index is 0.684. The summed E-state index contributed by atoms with van der Waals surface area (Å²) in [5, 5.41) is 0. The fourth-order valence-electron chi connectivity index (χ4n) is 0.878. The highest BCUT2D eigenvalue weighted by molar-refractivity contribution is 5.56. The minimum absolute atomic E-state index is 0.684. The molecule has 1 heteroatoms. The summed E-state index contributed by atoms with van der Waals surface area (Å²) in [6.07, 6.45) is 0.684. The van der Waals surface area contributed by atoms with Gasteiger partial charge in [0.1, 0.15) is 11.5 Å². The maximum absolute atomic E-state index is 5.45. The van der Waals surface area contributed by atoms with E-state index >= 15 is 0 Å². The van der Waals surface area contributed by atoms with E-state index in [0.717, 1.165) is 17.1 Å². The van der Waals surface area contributed by atoms with E-state index in [1.807, 2.05) is 26.0 Å². The summed E-state index contributed by atoms with van der Waals surface area (Å²) in [7, 11) is 0. The van der Waals surface area contributed by atoms with Crippen LogP contribution in [0.1, 0.15) is 25.4 Å². The zero-order valence-electron chi connectivity index (χ0n) is 7.48. The number of hydrogen-bond acceptors (Lipinski definition) is 1. The van der Waals surface area contributed by atoms with Crippen LogP contribution in [0.2, 0.25) is 0 Å². The van der Waals surface area contributed by atoms with E-state index < -0.39 is 0 Å². The predicted molar refractivity (Wildman–Crippen MR) is 50.6 cm³/mol. The van der Waals surface area contributed by atoms with Gasteiger partial charge in [0.05, 0.1) is 6.42 Å². The topological polar surface area (TPSA) is 13.1 Å².